The second-order valence-corrected chi connectivity index (χ2v) is 3.14. The molecule has 0 unspecified atom stereocenters. The molecule has 0 saturated carbocycles. The summed E-state index contributed by atoms with van der Waals surface area (Å²) in [6.07, 6.45) is 1.00. The van der Waals surface area contributed by atoms with Crippen molar-refractivity contribution in [1.82, 2.24) is 0 Å². The molecule has 0 heterocycles. The first-order valence-corrected chi connectivity index (χ1v) is 4.37. The van der Waals surface area contributed by atoms with E-state index in [1.54, 1.807) is 18.2 Å². The summed E-state index contributed by atoms with van der Waals surface area (Å²) in [7, 11) is 0. The molecule has 76 valence electrons. The van der Waals surface area contributed by atoms with Crippen LogP contribution in [0.15, 0.2) is 36.4 Å². The standard InChI is InChI=1S/C10H9ClF2O/c11-10(12,13)9(6-7-14)8-4-2-1-3-5-8/h1-6,14H,7H2/b9-6+. The number of halogens is 3. The number of hydrogen-bond donors (Lipinski definition) is 1. The summed E-state index contributed by atoms with van der Waals surface area (Å²) in [4.78, 5) is 0. The van der Waals surface area contributed by atoms with Gasteiger partial charge in [0.1, 0.15) is 0 Å². The first-order valence-electron chi connectivity index (χ1n) is 3.99. The third-order valence-electron chi connectivity index (χ3n) is 1.69. The van der Waals surface area contributed by atoms with E-state index >= 15 is 0 Å². The third kappa shape index (κ3) is 2.79. The van der Waals surface area contributed by atoms with Crippen LogP contribution >= 0.6 is 11.6 Å². The third-order valence-corrected chi connectivity index (χ3v) is 1.89. The highest BCUT2D eigenvalue weighted by Gasteiger charge is 2.31. The molecule has 0 aliphatic carbocycles. The fourth-order valence-electron chi connectivity index (χ4n) is 1.11. The highest BCUT2D eigenvalue weighted by molar-refractivity contribution is 6.27. The quantitative estimate of drug-likeness (QED) is 0.774. The summed E-state index contributed by atoms with van der Waals surface area (Å²) in [6.45, 7) is -0.466. The molecule has 0 spiro atoms. The Hall–Kier alpha value is -0.930. The zero-order valence-corrected chi connectivity index (χ0v) is 8.01. The molecule has 0 fully saturated rings. The topological polar surface area (TPSA) is 20.2 Å². The lowest BCUT2D eigenvalue weighted by Gasteiger charge is -2.12. The lowest BCUT2D eigenvalue weighted by atomic mass is 10.1. The van der Waals surface area contributed by atoms with Crippen molar-refractivity contribution in [3.05, 3.63) is 42.0 Å². The minimum Gasteiger partial charge on any atom is -0.392 e. The van der Waals surface area contributed by atoms with Crippen molar-refractivity contribution >= 4 is 17.2 Å². The van der Waals surface area contributed by atoms with Crippen LogP contribution in [-0.2, 0) is 0 Å². The monoisotopic (exact) mass is 218 g/mol. The van der Waals surface area contributed by atoms with Gasteiger partial charge in [-0.2, -0.15) is 8.78 Å². The van der Waals surface area contributed by atoms with Gasteiger partial charge in [0.05, 0.1) is 6.61 Å². The van der Waals surface area contributed by atoms with Gasteiger partial charge in [0.2, 0.25) is 0 Å². The van der Waals surface area contributed by atoms with E-state index in [-0.39, 0.29) is 5.57 Å². The van der Waals surface area contributed by atoms with E-state index in [1.807, 2.05) is 0 Å². The number of benzene rings is 1. The molecule has 1 aromatic rings. The van der Waals surface area contributed by atoms with Crippen LogP contribution in [0.4, 0.5) is 8.78 Å². The molecule has 1 nitrogen and oxygen atoms in total. The van der Waals surface area contributed by atoms with Crippen molar-refractivity contribution < 1.29 is 13.9 Å². The molecule has 0 aliphatic rings. The van der Waals surface area contributed by atoms with Gasteiger partial charge in [0.15, 0.2) is 0 Å². The Morgan fingerprint density at radius 2 is 1.93 bits per heavy atom. The molecule has 0 atom stereocenters. The maximum absolute atomic E-state index is 12.8. The SMILES string of the molecule is OC/C=C(\c1ccccc1)C(F)(F)Cl. The highest BCUT2D eigenvalue weighted by Crippen LogP contribution is 2.35. The van der Waals surface area contributed by atoms with Crippen LogP contribution in [0, 0.1) is 0 Å². The molecule has 0 bridgehead atoms. The van der Waals surface area contributed by atoms with Crippen molar-refractivity contribution in [2.75, 3.05) is 6.61 Å². The van der Waals surface area contributed by atoms with Gasteiger partial charge in [-0.25, -0.2) is 0 Å². The number of allylic oxidation sites excluding steroid dienone is 1. The van der Waals surface area contributed by atoms with Crippen LogP contribution in [0.2, 0.25) is 0 Å². The maximum atomic E-state index is 12.8. The highest BCUT2D eigenvalue weighted by atomic mass is 35.5. The zero-order valence-electron chi connectivity index (χ0n) is 7.25. The predicted octanol–water partition coefficient (Wildman–Crippen LogP) is 2.89. The van der Waals surface area contributed by atoms with Crippen molar-refractivity contribution in [2.24, 2.45) is 0 Å². The Kier molecular flexibility index (Phi) is 3.61. The molecule has 4 heteroatoms. The van der Waals surface area contributed by atoms with Crippen molar-refractivity contribution in [1.29, 1.82) is 0 Å². The van der Waals surface area contributed by atoms with Crippen molar-refractivity contribution in [3.63, 3.8) is 0 Å². The van der Waals surface area contributed by atoms with Gasteiger partial charge in [-0.3, -0.25) is 0 Å². The van der Waals surface area contributed by atoms with Crippen LogP contribution in [0.3, 0.4) is 0 Å². The Morgan fingerprint density at radius 1 is 1.36 bits per heavy atom. The minimum absolute atomic E-state index is 0.307. The van der Waals surface area contributed by atoms with Crippen LogP contribution in [0.5, 0.6) is 0 Å². The lowest BCUT2D eigenvalue weighted by Crippen LogP contribution is -2.09. The Bertz CT molecular complexity index is 317. The van der Waals surface area contributed by atoms with Crippen LogP contribution in [0.1, 0.15) is 5.56 Å². The molecule has 0 saturated heterocycles. The molecular weight excluding hydrogens is 210 g/mol. The Labute approximate surface area is 85.6 Å². The maximum Gasteiger partial charge on any atom is 0.348 e. The first kappa shape index (κ1) is 11.1. The molecule has 0 aromatic heterocycles. The second-order valence-electron chi connectivity index (χ2n) is 2.66. The molecule has 1 aromatic carbocycles. The van der Waals surface area contributed by atoms with Crippen LogP contribution < -0.4 is 0 Å². The molecule has 1 rings (SSSR count). The minimum atomic E-state index is -3.45. The second kappa shape index (κ2) is 4.53. The van der Waals surface area contributed by atoms with Gasteiger partial charge >= 0.3 is 5.38 Å². The number of aliphatic hydroxyl groups is 1. The number of hydrogen-bond acceptors (Lipinski definition) is 1. The molecule has 0 radical (unpaired) electrons. The van der Waals surface area contributed by atoms with Crippen molar-refractivity contribution in [2.45, 2.75) is 5.38 Å². The molecule has 14 heavy (non-hydrogen) atoms. The summed E-state index contributed by atoms with van der Waals surface area (Å²) in [5, 5.41) is 5.14. The molecule has 0 aliphatic heterocycles. The smallest absolute Gasteiger partial charge is 0.348 e. The summed E-state index contributed by atoms with van der Waals surface area (Å²) >= 11 is 4.90. The summed E-state index contributed by atoms with van der Waals surface area (Å²) in [6, 6.07) is 7.99. The van der Waals surface area contributed by atoms with Crippen LogP contribution in [-0.4, -0.2) is 17.1 Å². The molecule has 1 N–H and O–H groups in total. The van der Waals surface area contributed by atoms with Crippen molar-refractivity contribution in [3.8, 4) is 0 Å². The molecule has 0 amide bonds. The predicted molar refractivity (Wildman–Crippen MR) is 52.3 cm³/mol. The van der Waals surface area contributed by atoms with E-state index in [4.69, 9.17) is 16.7 Å². The number of rotatable bonds is 3. The van der Waals surface area contributed by atoms with E-state index in [2.05, 4.69) is 0 Å². The van der Waals surface area contributed by atoms with Gasteiger partial charge in [0.25, 0.3) is 0 Å². The fraction of sp³-hybridized carbons (Fsp3) is 0.200. The average Bonchev–Trinajstić information content (AvgIpc) is 2.14. The molecular formula is C10H9ClF2O. The van der Waals surface area contributed by atoms with E-state index in [0.29, 0.717) is 5.56 Å². The Balaban J connectivity index is 3.09. The van der Waals surface area contributed by atoms with E-state index in [0.717, 1.165) is 6.08 Å². The van der Waals surface area contributed by atoms with E-state index < -0.39 is 12.0 Å². The average molecular weight is 219 g/mol. The van der Waals surface area contributed by atoms with Gasteiger partial charge < -0.3 is 5.11 Å². The lowest BCUT2D eigenvalue weighted by molar-refractivity contribution is 0.163. The van der Waals surface area contributed by atoms with Gasteiger partial charge in [0, 0.05) is 5.57 Å². The fourth-order valence-corrected chi connectivity index (χ4v) is 1.29. The normalized spacial score (nSPS) is 13.0. The van der Waals surface area contributed by atoms with Crippen LogP contribution in [0.25, 0.3) is 5.57 Å². The van der Waals surface area contributed by atoms with E-state index in [9.17, 15) is 8.78 Å². The number of aliphatic hydroxyl groups excluding tert-OH is 1. The largest absolute Gasteiger partial charge is 0.392 e. The summed E-state index contributed by atoms with van der Waals surface area (Å²) < 4.78 is 25.7. The summed E-state index contributed by atoms with van der Waals surface area (Å²) in [5.74, 6) is 0. The van der Waals surface area contributed by atoms with Gasteiger partial charge in [-0.1, -0.05) is 30.3 Å². The van der Waals surface area contributed by atoms with Gasteiger partial charge in [-0.05, 0) is 23.2 Å². The van der Waals surface area contributed by atoms with Gasteiger partial charge in [-0.15, -0.1) is 0 Å². The van der Waals surface area contributed by atoms with E-state index in [1.165, 1.54) is 12.1 Å². The zero-order chi connectivity index (χ0) is 10.6. The number of alkyl halides is 3. The first-order chi connectivity index (χ1) is 6.55. The summed E-state index contributed by atoms with van der Waals surface area (Å²) in [5.41, 5.74) is -0.0659. The Morgan fingerprint density at radius 3 is 2.36 bits per heavy atom.